The molecule has 0 fully saturated rings. The molecule has 0 amide bonds. The van der Waals surface area contributed by atoms with Crippen LogP contribution in [0.3, 0.4) is 0 Å². The van der Waals surface area contributed by atoms with Crippen LogP contribution >= 0.6 is 0 Å². The molecule has 5 nitrogen and oxygen atoms in total. The fourth-order valence-electron chi connectivity index (χ4n) is 1.28. The van der Waals surface area contributed by atoms with Crippen molar-refractivity contribution in [3.8, 4) is 0 Å². The zero-order chi connectivity index (χ0) is 12.9. The molecule has 1 unspecified atom stereocenters. The fourth-order valence-corrected chi connectivity index (χ4v) is 2.24. The predicted molar refractivity (Wildman–Crippen MR) is 68.2 cm³/mol. The Bertz CT molecular complexity index is 460. The van der Waals surface area contributed by atoms with Crippen molar-refractivity contribution in [1.82, 2.24) is 0 Å². The Kier molecular flexibility index (Phi) is 4.92. The Morgan fingerprint density at radius 1 is 1.41 bits per heavy atom. The normalized spacial score (nSPS) is 13.4. The maximum absolute atomic E-state index is 11.9. The molecule has 96 valence electrons. The van der Waals surface area contributed by atoms with Crippen molar-refractivity contribution in [3.05, 3.63) is 29.8 Å². The molecule has 0 aliphatic heterocycles. The van der Waals surface area contributed by atoms with Gasteiger partial charge in [-0.2, -0.15) is 0 Å². The minimum absolute atomic E-state index is 0.0851. The fraction of sp³-hybridized carbons (Fsp3) is 0.455. The second-order valence-corrected chi connectivity index (χ2v) is 5.88. The van der Waals surface area contributed by atoms with Gasteiger partial charge in [0.15, 0.2) is 0 Å². The zero-order valence-electron chi connectivity index (χ0n) is 10.0. The van der Waals surface area contributed by atoms with E-state index in [-0.39, 0.29) is 6.54 Å². The molecule has 0 aromatic heterocycles. The van der Waals surface area contributed by atoms with Crippen LogP contribution in [-0.4, -0.2) is 27.3 Å². The van der Waals surface area contributed by atoms with Gasteiger partial charge in [-0.25, -0.2) is 8.42 Å². The first kappa shape index (κ1) is 14.0. The lowest BCUT2D eigenvalue weighted by Gasteiger charge is -2.15. The quantitative estimate of drug-likeness (QED) is 0.795. The van der Waals surface area contributed by atoms with Crippen LogP contribution in [0.2, 0.25) is 0 Å². The number of sulfonamides is 1. The molecule has 1 aromatic rings. The molecule has 0 radical (unpaired) electrons. The summed E-state index contributed by atoms with van der Waals surface area (Å²) >= 11 is 0. The maximum Gasteiger partial charge on any atom is 0.236 e. The molecule has 1 rings (SSSR count). The lowest BCUT2D eigenvalue weighted by atomic mass is 10.2. The summed E-state index contributed by atoms with van der Waals surface area (Å²) in [5, 5.41) is -0.627. The monoisotopic (exact) mass is 258 g/mol. The van der Waals surface area contributed by atoms with Crippen molar-refractivity contribution >= 4 is 15.7 Å². The minimum atomic E-state index is -3.43. The first-order valence-corrected chi connectivity index (χ1v) is 6.84. The molecule has 0 aliphatic rings. The topological polar surface area (TPSA) is 81.4 Å². The van der Waals surface area contributed by atoms with Gasteiger partial charge < -0.3 is 10.5 Å². The lowest BCUT2D eigenvalue weighted by Crippen LogP contribution is -2.31. The number of hydrogen-bond acceptors (Lipinski definition) is 4. The highest BCUT2D eigenvalue weighted by Crippen LogP contribution is 2.18. The first-order chi connectivity index (χ1) is 8.01. The van der Waals surface area contributed by atoms with Crippen LogP contribution in [0.5, 0.6) is 0 Å². The number of anilines is 1. The highest BCUT2D eigenvalue weighted by molar-refractivity contribution is 7.93. The molecule has 6 heteroatoms. The van der Waals surface area contributed by atoms with Crippen LogP contribution in [0.15, 0.2) is 24.3 Å². The predicted octanol–water partition coefficient (Wildman–Crippen LogP) is 0.922. The van der Waals surface area contributed by atoms with E-state index in [1.165, 1.54) is 0 Å². The average Bonchev–Trinajstić information content (AvgIpc) is 2.30. The van der Waals surface area contributed by atoms with Gasteiger partial charge in [0, 0.05) is 19.2 Å². The standard InChI is InChI=1S/C11H18N2O3S/c1-9(7-12)17(14,15)13-11-6-4-3-5-10(11)8-16-2/h3-6,9,13H,7-8,12H2,1-2H3. The molecule has 1 aromatic carbocycles. The van der Waals surface area contributed by atoms with E-state index in [0.29, 0.717) is 12.3 Å². The third kappa shape index (κ3) is 3.69. The number of nitrogens with one attached hydrogen (secondary N) is 1. The third-order valence-corrected chi connectivity index (χ3v) is 4.19. The zero-order valence-corrected chi connectivity index (χ0v) is 10.8. The Balaban J connectivity index is 2.95. The summed E-state index contributed by atoms with van der Waals surface area (Å²) in [6, 6.07) is 7.12. The lowest BCUT2D eigenvalue weighted by molar-refractivity contribution is 0.185. The molecule has 0 spiro atoms. The number of ether oxygens (including phenoxy) is 1. The minimum Gasteiger partial charge on any atom is -0.380 e. The summed E-state index contributed by atoms with van der Waals surface area (Å²) in [5.74, 6) is 0. The third-order valence-electron chi connectivity index (χ3n) is 2.43. The van der Waals surface area contributed by atoms with Gasteiger partial charge >= 0.3 is 0 Å². The molecule has 0 heterocycles. The Hall–Kier alpha value is -1.11. The summed E-state index contributed by atoms with van der Waals surface area (Å²) in [7, 11) is -1.87. The van der Waals surface area contributed by atoms with E-state index < -0.39 is 15.3 Å². The number of methoxy groups -OCH3 is 1. The van der Waals surface area contributed by atoms with E-state index in [1.807, 2.05) is 12.1 Å². The SMILES string of the molecule is COCc1ccccc1NS(=O)(=O)C(C)CN. The molecule has 0 aliphatic carbocycles. The van der Waals surface area contributed by atoms with Crippen molar-refractivity contribution in [2.24, 2.45) is 5.73 Å². The number of para-hydroxylation sites is 1. The maximum atomic E-state index is 11.9. The number of rotatable bonds is 6. The van der Waals surface area contributed by atoms with Crippen LogP contribution < -0.4 is 10.5 Å². The van der Waals surface area contributed by atoms with Gasteiger partial charge in [-0.15, -0.1) is 0 Å². The van der Waals surface area contributed by atoms with Crippen LogP contribution in [0.1, 0.15) is 12.5 Å². The number of hydrogen-bond donors (Lipinski definition) is 2. The summed E-state index contributed by atoms with van der Waals surface area (Å²) in [4.78, 5) is 0. The van der Waals surface area contributed by atoms with Gasteiger partial charge in [0.1, 0.15) is 0 Å². The van der Waals surface area contributed by atoms with Crippen molar-refractivity contribution in [1.29, 1.82) is 0 Å². The van der Waals surface area contributed by atoms with E-state index in [0.717, 1.165) is 5.56 Å². The van der Waals surface area contributed by atoms with E-state index in [9.17, 15) is 8.42 Å². The van der Waals surface area contributed by atoms with Crippen molar-refractivity contribution in [3.63, 3.8) is 0 Å². The van der Waals surface area contributed by atoms with Crippen LogP contribution in [0, 0.1) is 0 Å². The second kappa shape index (κ2) is 6.00. The summed E-state index contributed by atoms with van der Waals surface area (Å²) < 4.78 is 31.3. The van der Waals surface area contributed by atoms with Crippen molar-refractivity contribution in [2.75, 3.05) is 18.4 Å². The summed E-state index contributed by atoms with van der Waals surface area (Å²) in [5.41, 5.74) is 6.70. The van der Waals surface area contributed by atoms with Gasteiger partial charge in [0.25, 0.3) is 0 Å². The van der Waals surface area contributed by atoms with Crippen LogP contribution in [0.4, 0.5) is 5.69 Å². The second-order valence-electron chi connectivity index (χ2n) is 3.78. The average molecular weight is 258 g/mol. The smallest absolute Gasteiger partial charge is 0.236 e. The highest BCUT2D eigenvalue weighted by Gasteiger charge is 2.19. The van der Waals surface area contributed by atoms with Gasteiger partial charge in [-0.3, -0.25) is 4.72 Å². The van der Waals surface area contributed by atoms with Gasteiger partial charge in [0.2, 0.25) is 10.0 Å². The van der Waals surface area contributed by atoms with Crippen molar-refractivity contribution < 1.29 is 13.2 Å². The molecular weight excluding hydrogens is 240 g/mol. The Labute approximate surface area is 102 Å². The van der Waals surface area contributed by atoms with E-state index >= 15 is 0 Å². The van der Waals surface area contributed by atoms with Gasteiger partial charge in [-0.05, 0) is 13.0 Å². The van der Waals surface area contributed by atoms with Gasteiger partial charge in [0.05, 0.1) is 17.5 Å². The number of nitrogens with two attached hydrogens (primary N) is 1. The van der Waals surface area contributed by atoms with Gasteiger partial charge in [-0.1, -0.05) is 18.2 Å². The summed E-state index contributed by atoms with van der Waals surface area (Å²) in [6.45, 7) is 2.01. The Morgan fingerprint density at radius 2 is 2.06 bits per heavy atom. The van der Waals surface area contributed by atoms with E-state index in [2.05, 4.69) is 4.72 Å². The van der Waals surface area contributed by atoms with Crippen molar-refractivity contribution in [2.45, 2.75) is 18.8 Å². The first-order valence-electron chi connectivity index (χ1n) is 5.29. The highest BCUT2D eigenvalue weighted by atomic mass is 32.2. The molecule has 0 saturated carbocycles. The molecule has 0 bridgehead atoms. The molecule has 0 saturated heterocycles. The largest absolute Gasteiger partial charge is 0.380 e. The summed E-state index contributed by atoms with van der Waals surface area (Å²) in [6.07, 6.45) is 0. The van der Waals surface area contributed by atoms with E-state index in [1.54, 1.807) is 26.2 Å². The molecule has 17 heavy (non-hydrogen) atoms. The molecule has 3 N–H and O–H groups in total. The molecule has 1 atom stereocenters. The number of benzene rings is 1. The molecular formula is C11H18N2O3S. The van der Waals surface area contributed by atoms with Crippen LogP contribution in [0.25, 0.3) is 0 Å². The Morgan fingerprint density at radius 3 is 2.65 bits per heavy atom. The van der Waals surface area contributed by atoms with Crippen LogP contribution in [-0.2, 0) is 21.4 Å². The van der Waals surface area contributed by atoms with E-state index in [4.69, 9.17) is 10.5 Å².